The molecule has 0 aromatic heterocycles. The molecule has 0 bridgehead atoms. The van der Waals surface area contributed by atoms with Crippen LogP contribution in [0.5, 0.6) is 5.75 Å². The molecule has 0 aliphatic carbocycles. The summed E-state index contributed by atoms with van der Waals surface area (Å²) in [5.41, 5.74) is 2.40. The van der Waals surface area contributed by atoms with Gasteiger partial charge in [-0.05, 0) is 30.7 Å². The highest BCUT2D eigenvalue weighted by atomic mass is 16.5. The van der Waals surface area contributed by atoms with Crippen LogP contribution in [0.2, 0.25) is 0 Å². The first-order valence-electron chi connectivity index (χ1n) is 7.53. The van der Waals surface area contributed by atoms with Crippen LogP contribution in [0.1, 0.15) is 24.5 Å². The molecule has 0 saturated heterocycles. The topological polar surface area (TPSA) is 21.3 Å². The van der Waals surface area contributed by atoms with Gasteiger partial charge in [-0.3, -0.25) is 0 Å². The maximum absolute atomic E-state index is 5.86. The van der Waals surface area contributed by atoms with E-state index in [1.54, 1.807) is 0 Å². The summed E-state index contributed by atoms with van der Waals surface area (Å²) in [5, 5.41) is 3.41. The fourth-order valence-corrected chi connectivity index (χ4v) is 2.08. The molecule has 1 N–H and O–H groups in total. The van der Waals surface area contributed by atoms with Crippen LogP contribution in [0.15, 0.2) is 60.7 Å². The van der Waals surface area contributed by atoms with Gasteiger partial charge in [0.1, 0.15) is 12.4 Å². The van der Waals surface area contributed by atoms with Crippen LogP contribution in [-0.4, -0.2) is 13.2 Å². The van der Waals surface area contributed by atoms with Crippen molar-refractivity contribution in [1.29, 1.82) is 0 Å². The van der Waals surface area contributed by atoms with E-state index in [1.807, 2.05) is 36.4 Å². The summed E-state index contributed by atoms with van der Waals surface area (Å²) in [4.78, 5) is 0. The van der Waals surface area contributed by atoms with E-state index in [1.165, 1.54) is 11.1 Å². The second-order valence-corrected chi connectivity index (χ2v) is 4.91. The minimum absolute atomic E-state index is 0.583. The Morgan fingerprint density at radius 3 is 2.57 bits per heavy atom. The van der Waals surface area contributed by atoms with E-state index in [-0.39, 0.29) is 0 Å². The number of hydrogen-bond acceptors (Lipinski definition) is 2. The van der Waals surface area contributed by atoms with Gasteiger partial charge in [0.25, 0.3) is 0 Å². The lowest BCUT2D eigenvalue weighted by Gasteiger charge is -2.10. The molecule has 2 heteroatoms. The Morgan fingerprint density at radius 2 is 1.76 bits per heavy atom. The highest BCUT2D eigenvalue weighted by molar-refractivity contribution is 5.48. The Bertz CT molecular complexity index is 549. The van der Waals surface area contributed by atoms with Gasteiger partial charge in [-0.1, -0.05) is 61.5 Å². The molecule has 2 nitrogen and oxygen atoms in total. The zero-order valence-corrected chi connectivity index (χ0v) is 12.6. The van der Waals surface area contributed by atoms with E-state index >= 15 is 0 Å². The van der Waals surface area contributed by atoms with Crippen molar-refractivity contribution < 1.29 is 4.74 Å². The zero-order valence-electron chi connectivity index (χ0n) is 12.6. The standard InChI is InChI=1S/C19H23NO/c1-2-14-20-16-18-12-6-7-13-19(18)21-15-8-11-17-9-4-3-5-10-17/h3-13,20H,2,14-16H2,1H3/b11-8+. The van der Waals surface area contributed by atoms with Crippen molar-refractivity contribution >= 4 is 6.08 Å². The lowest BCUT2D eigenvalue weighted by molar-refractivity contribution is 0.358. The molecule has 0 fully saturated rings. The van der Waals surface area contributed by atoms with Crippen molar-refractivity contribution in [2.45, 2.75) is 19.9 Å². The summed E-state index contributed by atoms with van der Waals surface area (Å²) in [6.07, 6.45) is 5.27. The summed E-state index contributed by atoms with van der Waals surface area (Å²) in [6.45, 7) is 4.64. The summed E-state index contributed by atoms with van der Waals surface area (Å²) < 4.78 is 5.86. The molecule has 0 aliphatic heterocycles. The molecule has 0 heterocycles. The Kier molecular flexibility index (Phi) is 6.56. The van der Waals surface area contributed by atoms with Crippen molar-refractivity contribution in [3.8, 4) is 5.75 Å². The molecule has 0 spiro atoms. The lowest BCUT2D eigenvalue weighted by atomic mass is 10.2. The first kappa shape index (κ1) is 15.3. The van der Waals surface area contributed by atoms with Crippen molar-refractivity contribution in [3.63, 3.8) is 0 Å². The maximum atomic E-state index is 5.86. The molecule has 0 amide bonds. The predicted octanol–water partition coefficient (Wildman–Crippen LogP) is 4.28. The van der Waals surface area contributed by atoms with Gasteiger partial charge in [-0.2, -0.15) is 0 Å². The third-order valence-corrected chi connectivity index (χ3v) is 3.16. The molecular formula is C19H23NO. The average Bonchev–Trinajstić information content (AvgIpc) is 2.54. The van der Waals surface area contributed by atoms with Gasteiger partial charge < -0.3 is 10.1 Å². The molecule has 0 saturated carbocycles. The van der Waals surface area contributed by atoms with Crippen molar-refractivity contribution in [1.82, 2.24) is 5.32 Å². The molecule has 110 valence electrons. The van der Waals surface area contributed by atoms with Gasteiger partial charge in [-0.25, -0.2) is 0 Å². The Labute approximate surface area is 127 Å². The molecule has 21 heavy (non-hydrogen) atoms. The number of hydrogen-bond donors (Lipinski definition) is 1. The van der Waals surface area contributed by atoms with Crippen LogP contribution in [0.25, 0.3) is 6.08 Å². The molecule has 0 radical (unpaired) electrons. The second-order valence-electron chi connectivity index (χ2n) is 4.91. The highest BCUT2D eigenvalue weighted by Crippen LogP contribution is 2.17. The summed E-state index contributed by atoms with van der Waals surface area (Å²) in [7, 11) is 0. The summed E-state index contributed by atoms with van der Waals surface area (Å²) in [5.74, 6) is 0.957. The smallest absolute Gasteiger partial charge is 0.124 e. The van der Waals surface area contributed by atoms with Gasteiger partial charge in [0.05, 0.1) is 0 Å². The van der Waals surface area contributed by atoms with E-state index < -0.39 is 0 Å². The van der Waals surface area contributed by atoms with E-state index in [0.29, 0.717) is 6.61 Å². The van der Waals surface area contributed by atoms with Gasteiger partial charge in [-0.15, -0.1) is 0 Å². The molecule has 2 aromatic rings. The minimum atomic E-state index is 0.583. The quantitative estimate of drug-likeness (QED) is 0.729. The first-order chi connectivity index (χ1) is 10.4. The monoisotopic (exact) mass is 281 g/mol. The number of benzene rings is 2. The van der Waals surface area contributed by atoms with Crippen LogP contribution < -0.4 is 10.1 Å². The molecule has 0 atom stereocenters. The largest absolute Gasteiger partial charge is 0.489 e. The van der Waals surface area contributed by atoms with Gasteiger partial charge in [0.2, 0.25) is 0 Å². The minimum Gasteiger partial charge on any atom is -0.489 e. The van der Waals surface area contributed by atoms with Crippen molar-refractivity contribution in [2.24, 2.45) is 0 Å². The Morgan fingerprint density at radius 1 is 1.00 bits per heavy atom. The van der Waals surface area contributed by atoms with E-state index in [4.69, 9.17) is 4.74 Å². The predicted molar refractivity (Wildman–Crippen MR) is 89.4 cm³/mol. The molecular weight excluding hydrogens is 258 g/mol. The molecule has 0 unspecified atom stereocenters. The Hall–Kier alpha value is -2.06. The van der Waals surface area contributed by atoms with Crippen LogP contribution in [-0.2, 0) is 6.54 Å². The fraction of sp³-hybridized carbons (Fsp3) is 0.263. The van der Waals surface area contributed by atoms with E-state index in [2.05, 4.69) is 42.6 Å². The van der Waals surface area contributed by atoms with Gasteiger partial charge in [0, 0.05) is 12.1 Å². The number of para-hydroxylation sites is 1. The third-order valence-electron chi connectivity index (χ3n) is 3.16. The third kappa shape index (κ3) is 5.44. The second kappa shape index (κ2) is 8.98. The Balaban J connectivity index is 1.86. The maximum Gasteiger partial charge on any atom is 0.124 e. The lowest BCUT2D eigenvalue weighted by Crippen LogP contribution is -2.14. The number of rotatable bonds is 8. The fourth-order valence-electron chi connectivity index (χ4n) is 2.08. The van der Waals surface area contributed by atoms with Gasteiger partial charge in [0.15, 0.2) is 0 Å². The normalized spacial score (nSPS) is 10.9. The van der Waals surface area contributed by atoms with Crippen LogP contribution in [0.3, 0.4) is 0 Å². The molecule has 0 aliphatic rings. The average molecular weight is 281 g/mol. The zero-order chi connectivity index (χ0) is 14.8. The van der Waals surface area contributed by atoms with E-state index in [0.717, 1.165) is 25.3 Å². The summed E-state index contributed by atoms with van der Waals surface area (Å²) in [6, 6.07) is 18.5. The van der Waals surface area contributed by atoms with Gasteiger partial charge >= 0.3 is 0 Å². The van der Waals surface area contributed by atoms with Crippen molar-refractivity contribution in [3.05, 3.63) is 71.8 Å². The highest BCUT2D eigenvalue weighted by Gasteiger charge is 2.01. The van der Waals surface area contributed by atoms with Crippen LogP contribution in [0, 0.1) is 0 Å². The first-order valence-corrected chi connectivity index (χ1v) is 7.53. The molecule has 2 rings (SSSR count). The SMILES string of the molecule is CCCNCc1ccccc1OC/C=C/c1ccccc1. The van der Waals surface area contributed by atoms with E-state index in [9.17, 15) is 0 Å². The number of nitrogens with one attached hydrogen (secondary N) is 1. The van der Waals surface area contributed by atoms with Crippen molar-refractivity contribution in [2.75, 3.05) is 13.2 Å². The number of ether oxygens (including phenoxy) is 1. The van der Waals surface area contributed by atoms with Crippen LogP contribution >= 0.6 is 0 Å². The molecule has 2 aromatic carbocycles. The summed E-state index contributed by atoms with van der Waals surface area (Å²) >= 11 is 0. The van der Waals surface area contributed by atoms with Crippen LogP contribution in [0.4, 0.5) is 0 Å².